The van der Waals surface area contributed by atoms with Crippen molar-refractivity contribution in [2.75, 3.05) is 23.9 Å². The van der Waals surface area contributed by atoms with Crippen LogP contribution >= 0.6 is 0 Å². The van der Waals surface area contributed by atoms with E-state index in [0.717, 1.165) is 33.3 Å². The van der Waals surface area contributed by atoms with Crippen molar-refractivity contribution in [2.45, 2.75) is 13.5 Å². The topological polar surface area (TPSA) is 107 Å². The number of sulfone groups is 1. The lowest BCUT2D eigenvalue weighted by Crippen LogP contribution is -2.05. The van der Waals surface area contributed by atoms with Gasteiger partial charge < -0.3 is 14.5 Å². The highest BCUT2D eigenvalue weighted by molar-refractivity contribution is 7.90. The van der Waals surface area contributed by atoms with E-state index in [4.69, 9.17) is 9.15 Å². The van der Waals surface area contributed by atoms with E-state index in [-0.39, 0.29) is 24.7 Å². The third kappa shape index (κ3) is 6.89. The van der Waals surface area contributed by atoms with Crippen LogP contribution < -0.4 is 10.1 Å². The second-order valence-electron chi connectivity index (χ2n) is 9.35. The molecule has 3 aromatic carbocycles. The number of halogens is 1. The second-order valence-corrected chi connectivity index (χ2v) is 11.6. The number of aromatic nitrogens is 2. The molecule has 0 aliphatic carbocycles. The summed E-state index contributed by atoms with van der Waals surface area (Å²) in [6, 6.07) is 21.4. The summed E-state index contributed by atoms with van der Waals surface area (Å²) in [5.41, 5.74) is 4.10. The Morgan fingerprint density at radius 2 is 1.93 bits per heavy atom. The van der Waals surface area contributed by atoms with E-state index in [0.29, 0.717) is 23.1 Å². The molecule has 0 atom stereocenters. The molecule has 10 heteroatoms. The first-order chi connectivity index (χ1) is 19.2. The molecular weight excluding hydrogens is 531 g/mol. The van der Waals surface area contributed by atoms with Crippen LogP contribution in [0.5, 0.6) is 5.75 Å². The average Bonchev–Trinajstić information content (AvgIpc) is 3.39. The van der Waals surface area contributed by atoms with Crippen LogP contribution in [0, 0.1) is 12.7 Å². The van der Waals surface area contributed by atoms with Gasteiger partial charge in [-0.3, -0.25) is 4.99 Å². The molecule has 0 unspecified atom stereocenters. The van der Waals surface area contributed by atoms with E-state index in [9.17, 15) is 12.8 Å². The van der Waals surface area contributed by atoms with Crippen LogP contribution in [0.25, 0.3) is 22.2 Å². The van der Waals surface area contributed by atoms with E-state index in [1.54, 1.807) is 12.1 Å². The van der Waals surface area contributed by atoms with Gasteiger partial charge in [0.15, 0.2) is 0 Å². The molecule has 2 aromatic heterocycles. The fraction of sp³-hybridized carbons (Fsp3) is 0.167. The van der Waals surface area contributed by atoms with Crippen molar-refractivity contribution in [1.29, 1.82) is 0 Å². The summed E-state index contributed by atoms with van der Waals surface area (Å²) >= 11 is 0. The molecule has 2 heterocycles. The number of nitrogens with zero attached hydrogens (tertiary/aromatic N) is 3. The van der Waals surface area contributed by atoms with Gasteiger partial charge in [-0.1, -0.05) is 12.1 Å². The first kappa shape index (κ1) is 27.0. The molecule has 0 aliphatic heterocycles. The zero-order chi connectivity index (χ0) is 28.1. The first-order valence-corrected chi connectivity index (χ1v) is 14.6. The molecule has 8 nitrogen and oxygen atoms in total. The van der Waals surface area contributed by atoms with Crippen LogP contribution in [0.1, 0.15) is 16.9 Å². The predicted octanol–water partition coefficient (Wildman–Crippen LogP) is 6.12. The van der Waals surface area contributed by atoms with Crippen molar-refractivity contribution in [3.05, 3.63) is 102 Å². The van der Waals surface area contributed by atoms with Gasteiger partial charge in [-0.15, -0.1) is 0 Å². The molecule has 5 rings (SSSR count). The quantitative estimate of drug-likeness (QED) is 0.206. The minimum atomic E-state index is -3.06. The molecule has 0 saturated heterocycles. The maximum Gasteiger partial charge on any atom is 0.149 e. The van der Waals surface area contributed by atoms with Crippen molar-refractivity contribution in [2.24, 2.45) is 4.99 Å². The highest BCUT2D eigenvalue weighted by Gasteiger charge is 2.11. The zero-order valence-electron chi connectivity index (χ0n) is 22.0. The number of hydrogen-bond donors (Lipinski definition) is 1. The Kier molecular flexibility index (Phi) is 7.88. The summed E-state index contributed by atoms with van der Waals surface area (Å²) in [6.45, 7) is 2.39. The first-order valence-electron chi connectivity index (χ1n) is 12.5. The molecule has 0 bridgehead atoms. The lowest BCUT2D eigenvalue weighted by Gasteiger charge is -2.13. The molecular formula is C30H27FN4O4S. The van der Waals surface area contributed by atoms with Crippen LogP contribution in [0.2, 0.25) is 0 Å². The van der Waals surface area contributed by atoms with Crippen LogP contribution in [0.3, 0.4) is 0 Å². The summed E-state index contributed by atoms with van der Waals surface area (Å²) in [5, 5.41) is 4.18. The van der Waals surface area contributed by atoms with E-state index in [2.05, 4.69) is 20.3 Å². The number of hydrogen-bond acceptors (Lipinski definition) is 8. The molecule has 5 aromatic rings. The standard InChI is InChI=1S/C30H27FN4O4S/c1-20-14-24(7-10-28(20)38-18-21-4-3-5-23(31)15-21)35-30-26-16-22(6-9-27(26)33-19-34-30)29-11-8-25(39-29)17-32-12-13-40(2,36)37/h3-11,14-17,19H,12-13,18H2,1-2H3,(H,33,34,35). The maximum absolute atomic E-state index is 13.5. The van der Waals surface area contributed by atoms with Gasteiger partial charge in [-0.25, -0.2) is 22.8 Å². The van der Waals surface area contributed by atoms with Gasteiger partial charge in [-0.05, 0) is 78.7 Å². The second kappa shape index (κ2) is 11.7. The zero-order valence-corrected chi connectivity index (χ0v) is 22.8. The maximum atomic E-state index is 13.5. The minimum Gasteiger partial charge on any atom is -0.489 e. The minimum absolute atomic E-state index is 0.0122. The molecule has 0 aliphatic rings. The van der Waals surface area contributed by atoms with Crippen LogP contribution in [-0.2, 0) is 16.4 Å². The SMILES string of the molecule is Cc1cc(Nc2ncnc3ccc(-c4ccc(C=NCCS(C)(=O)=O)o4)cc23)ccc1OCc1cccc(F)c1. The van der Waals surface area contributed by atoms with Gasteiger partial charge in [0.2, 0.25) is 0 Å². The largest absolute Gasteiger partial charge is 0.489 e. The number of nitrogens with one attached hydrogen (secondary N) is 1. The molecule has 0 radical (unpaired) electrons. The number of furan rings is 1. The van der Waals surface area contributed by atoms with Crippen LogP contribution in [0.4, 0.5) is 15.9 Å². The van der Waals surface area contributed by atoms with Crippen molar-refractivity contribution in [3.8, 4) is 17.1 Å². The Hall–Kier alpha value is -4.57. The molecule has 0 spiro atoms. The van der Waals surface area contributed by atoms with Crippen molar-refractivity contribution < 1.29 is 22.0 Å². The number of aryl methyl sites for hydroxylation is 1. The Morgan fingerprint density at radius 3 is 2.73 bits per heavy atom. The van der Waals surface area contributed by atoms with Crippen molar-refractivity contribution >= 4 is 38.5 Å². The van der Waals surface area contributed by atoms with E-state index in [1.165, 1.54) is 30.9 Å². The number of aliphatic imine (C=N–C) groups is 1. The highest BCUT2D eigenvalue weighted by atomic mass is 32.2. The third-order valence-corrected chi connectivity index (χ3v) is 7.00. The van der Waals surface area contributed by atoms with Gasteiger partial charge in [-0.2, -0.15) is 0 Å². The third-order valence-electron chi connectivity index (χ3n) is 6.08. The Balaban J connectivity index is 1.32. The molecule has 1 N–H and O–H groups in total. The Bertz CT molecular complexity index is 1800. The highest BCUT2D eigenvalue weighted by Crippen LogP contribution is 2.31. The van der Waals surface area contributed by atoms with Crippen molar-refractivity contribution in [1.82, 2.24) is 9.97 Å². The smallest absolute Gasteiger partial charge is 0.149 e. The molecule has 40 heavy (non-hydrogen) atoms. The number of ether oxygens (including phenoxy) is 1. The average molecular weight is 559 g/mol. The summed E-state index contributed by atoms with van der Waals surface area (Å²) in [5.74, 6) is 2.20. The van der Waals surface area contributed by atoms with Gasteiger partial charge in [0.1, 0.15) is 51.7 Å². The number of benzene rings is 3. The monoisotopic (exact) mass is 558 g/mol. The molecule has 0 amide bonds. The Morgan fingerprint density at radius 1 is 1.05 bits per heavy atom. The summed E-state index contributed by atoms with van der Waals surface area (Å²) in [7, 11) is -3.06. The van der Waals surface area contributed by atoms with E-state index in [1.807, 2.05) is 55.5 Å². The fourth-order valence-corrected chi connectivity index (χ4v) is 4.51. The number of anilines is 2. The predicted molar refractivity (Wildman–Crippen MR) is 155 cm³/mol. The van der Waals surface area contributed by atoms with Crippen molar-refractivity contribution in [3.63, 3.8) is 0 Å². The molecule has 204 valence electrons. The normalized spacial score (nSPS) is 11.8. The Labute approximate surface area is 231 Å². The van der Waals surface area contributed by atoms with Gasteiger partial charge >= 0.3 is 0 Å². The van der Waals surface area contributed by atoms with Gasteiger partial charge in [0.25, 0.3) is 0 Å². The summed E-state index contributed by atoms with van der Waals surface area (Å²) in [6.07, 6.45) is 4.22. The number of fused-ring (bicyclic) bond motifs is 1. The summed E-state index contributed by atoms with van der Waals surface area (Å²) < 4.78 is 47.8. The van der Waals surface area contributed by atoms with Crippen LogP contribution in [-0.4, -0.2) is 43.2 Å². The molecule has 0 saturated carbocycles. The molecule has 0 fully saturated rings. The van der Waals surface area contributed by atoms with E-state index < -0.39 is 9.84 Å². The van der Waals surface area contributed by atoms with Gasteiger partial charge in [0.05, 0.1) is 24.0 Å². The lowest BCUT2D eigenvalue weighted by atomic mass is 10.1. The summed E-state index contributed by atoms with van der Waals surface area (Å²) in [4.78, 5) is 13.0. The van der Waals surface area contributed by atoms with Crippen LogP contribution in [0.15, 0.2) is 88.5 Å². The number of rotatable bonds is 10. The fourth-order valence-electron chi connectivity index (χ4n) is 4.07. The van der Waals surface area contributed by atoms with E-state index >= 15 is 0 Å². The van der Waals surface area contributed by atoms with Gasteiger partial charge in [0, 0.05) is 22.9 Å². The lowest BCUT2D eigenvalue weighted by molar-refractivity contribution is 0.303.